The van der Waals surface area contributed by atoms with E-state index in [0.29, 0.717) is 24.5 Å². The van der Waals surface area contributed by atoms with Gasteiger partial charge in [-0.05, 0) is 36.8 Å². The first-order chi connectivity index (χ1) is 8.78. The van der Waals surface area contributed by atoms with Crippen LogP contribution < -0.4 is 5.32 Å². The molecule has 1 N–H and O–H groups in total. The van der Waals surface area contributed by atoms with Crippen molar-refractivity contribution in [2.75, 3.05) is 20.1 Å². The lowest BCUT2D eigenvalue weighted by Gasteiger charge is -2.20. The van der Waals surface area contributed by atoms with Crippen molar-refractivity contribution in [2.24, 2.45) is 5.41 Å². The number of aryl methyl sites for hydroxylation is 1. The summed E-state index contributed by atoms with van der Waals surface area (Å²) in [5.74, 6) is 0. The third kappa shape index (κ3) is 2.86. The van der Waals surface area contributed by atoms with Gasteiger partial charge in [0.15, 0.2) is 0 Å². The molecule has 108 valence electrons. The lowest BCUT2D eigenvalue weighted by molar-refractivity contribution is 0.375. The van der Waals surface area contributed by atoms with E-state index in [-0.39, 0.29) is 5.41 Å². The summed E-state index contributed by atoms with van der Waals surface area (Å²) in [5.41, 5.74) is 0.945. The molecule has 0 radical (unpaired) electrons. The maximum Gasteiger partial charge on any atom is 0.244 e. The van der Waals surface area contributed by atoms with Gasteiger partial charge in [-0.2, -0.15) is 4.31 Å². The van der Waals surface area contributed by atoms with E-state index in [9.17, 15) is 8.42 Å². The average molecular weight is 302 g/mol. The van der Waals surface area contributed by atoms with E-state index in [2.05, 4.69) is 19.2 Å². The van der Waals surface area contributed by atoms with E-state index in [1.807, 2.05) is 19.4 Å². The number of thiophene rings is 1. The number of rotatable bonds is 4. The van der Waals surface area contributed by atoms with Gasteiger partial charge in [0.2, 0.25) is 10.0 Å². The molecule has 2 rings (SSSR count). The SMILES string of the molecule is CNCc1scc(C)c1S(=O)(=O)N1CCC(C)(C)C1. The van der Waals surface area contributed by atoms with Crippen molar-refractivity contribution >= 4 is 21.4 Å². The van der Waals surface area contributed by atoms with Crippen LogP contribution in [0.5, 0.6) is 0 Å². The van der Waals surface area contributed by atoms with Gasteiger partial charge in [0.25, 0.3) is 0 Å². The molecule has 0 spiro atoms. The van der Waals surface area contributed by atoms with Gasteiger partial charge in [0.1, 0.15) is 4.90 Å². The number of sulfonamides is 1. The molecule has 1 aromatic rings. The molecule has 19 heavy (non-hydrogen) atoms. The molecule has 1 saturated heterocycles. The minimum absolute atomic E-state index is 0.0835. The number of hydrogen-bond acceptors (Lipinski definition) is 4. The highest BCUT2D eigenvalue weighted by Crippen LogP contribution is 2.36. The Hall–Kier alpha value is -0.430. The largest absolute Gasteiger partial charge is 0.315 e. The van der Waals surface area contributed by atoms with Gasteiger partial charge in [-0.25, -0.2) is 8.42 Å². The normalized spacial score (nSPS) is 20.0. The molecule has 1 aliphatic heterocycles. The Bertz CT molecular complexity index is 561. The third-order valence-corrected chi connectivity index (χ3v) is 6.88. The molecule has 0 atom stereocenters. The van der Waals surface area contributed by atoms with Crippen molar-refractivity contribution in [2.45, 2.75) is 38.6 Å². The van der Waals surface area contributed by atoms with Crippen LogP contribution in [-0.4, -0.2) is 32.9 Å². The van der Waals surface area contributed by atoms with Crippen LogP contribution in [0.1, 0.15) is 30.7 Å². The Morgan fingerprint density at radius 2 is 2.16 bits per heavy atom. The molecule has 1 aliphatic rings. The molecule has 2 heterocycles. The first-order valence-corrected chi connectivity index (χ1v) is 8.81. The summed E-state index contributed by atoms with van der Waals surface area (Å²) in [4.78, 5) is 1.43. The zero-order chi connectivity index (χ0) is 14.3. The molecular formula is C13H22N2O2S2. The van der Waals surface area contributed by atoms with Gasteiger partial charge in [0.05, 0.1) is 0 Å². The van der Waals surface area contributed by atoms with E-state index < -0.39 is 10.0 Å². The summed E-state index contributed by atoms with van der Waals surface area (Å²) in [6, 6.07) is 0. The fourth-order valence-corrected chi connectivity index (χ4v) is 5.92. The maximum absolute atomic E-state index is 12.8. The van der Waals surface area contributed by atoms with Crippen LogP contribution in [0.15, 0.2) is 10.3 Å². The monoisotopic (exact) mass is 302 g/mol. The van der Waals surface area contributed by atoms with E-state index in [0.717, 1.165) is 16.9 Å². The molecule has 4 nitrogen and oxygen atoms in total. The summed E-state index contributed by atoms with van der Waals surface area (Å²) in [6.45, 7) is 7.97. The van der Waals surface area contributed by atoms with Crippen LogP contribution in [0.25, 0.3) is 0 Å². The molecule has 1 aromatic heterocycles. The van der Waals surface area contributed by atoms with Gasteiger partial charge in [-0.1, -0.05) is 13.8 Å². The lowest BCUT2D eigenvalue weighted by atomic mass is 9.93. The topological polar surface area (TPSA) is 49.4 Å². The fraction of sp³-hybridized carbons (Fsp3) is 0.692. The summed E-state index contributed by atoms with van der Waals surface area (Å²) >= 11 is 1.52. The van der Waals surface area contributed by atoms with Crippen molar-refractivity contribution in [3.05, 3.63) is 15.8 Å². The van der Waals surface area contributed by atoms with Crippen molar-refractivity contribution < 1.29 is 8.42 Å². The predicted octanol–water partition coefficient (Wildman–Crippen LogP) is 2.20. The lowest BCUT2D eigenvalue weighted by Crippen LogP contribution is -2.31. The number of nitrogens with zero attached hydrogens (tertiary/aromatic N) is 1. The molecule has 0 unspecified atom stereocenters. The van der Waals surface area contributed by atoms with Crippen molar-refractivity contribution in [3.63, 3.8) is 0 Å². The van der Waals surface area contributed by atoms with E-state index in [4.69, 9.17) is 0 Å². The van der Waals surface area contributed by atoms with Crippen molar-refractivity contribution in [1.82, 2.24) is 9.62 Å². The Morgan fingerprint density at radius 3 is 2.68 bits per heavy atom. The first kappa shape index (κ1) is 15.0. The van der Waals surface area contributed by atoms with E-state index in [1.54, 1.807) is 4.31 Å². The molecule has 0 saturated carbocycles. The zero-order valence-corrected chi connectivity index (χ0v) is 13.6. The molecule has 0 bridgehead atoms. The molecule has 6 heteroatoms. The fourth-order valence-electron chi connectivity index (χ4n) is 2.51. The number of nitrogens with one attached hydrogen (secondary N) is 1. The smallest absolute Gasteiger partial charge is 0.244 e. The van der Waals surface area contributed by atoms with Gasteiger partial charge in [-0.3, -0.25) is 0 Å². The van der Waals surface area contributed by atoms with Gasteiger partial charge in [0, 0.05) is 24.5 Å². The second kappa shape index (κ2) is 5.16. The van der Waals surface area contributed by atoms with Crippen LogP contribution in [0, 0.1) is 12.3 Å². The Balaban J connectivity index is 2.38. The molecule has 0 amide bonds. The minimum Gasteiger partial charge on any atom is -0.315 e. The van der Waals surface area contributed by atoms with E-state index in [1.165, 1.54) is 11.3 Å². The van der Waals surface area contributed by atoms with Crippen LogP contribution in [0.2, 0.25) is 0 Å². The van der Waals surface area contributed by atoms with Crippen LogP contribution >= 0.6 is 11.3 Å². The summed E-state index contributed by atoms with van der Waals surface area (Å²) in [6.07, 6.45) is 0.927. The highest BCUT2D eigenvalue weighted by molar-refractivity contribution is 7.89. The summed E-state index contributed by atoms with van der Waals surface area (Å²) in [7, 11) is -1.51. The van der Waals surface area contributed by atoms with Crippen molar-refractivity contribution in [1.29, 1.82) is 0 Å². The highest BCUT2D eigenvalue weighted by atomic mass is 32.2. The zero-order valence-electron chi connectivity index (χ0n) is 12.0. The van der Waals surface area contributed by atoms with Crippen molar-refractivity contribution in [3.8, 4) is 0 Å². The van der Waals surface area contributed by atoms with Crippen LogP contribution in [0.3, 0.4) is 0 Å². The van der Waals surface area contributed by atoms with Crippen LogP contribution in [-0.2, 0) is 16.6 Å². The average Bonchev–Trinajstić information content (AvgIpc) is 2.83. The predicted molar refractivity (Wildman–Crippen MR) is 79.0 cm³/mol. The number of hydrogen-bond donors (Lipinski definition) is 1. The quantitative estimate of drug-likeness (QED) is 0.927. The Labute approximate surface area is 119 Å². The van der Waals surface area contributed by atoms with Gasteiger partial charge >= 0.3 is 0 Å². The Kier molecular flexibility index (Phi) is 4.07. The Morgan fingerprint density at radius 1 is 1.47 bits per heavy atom. The maximum atomic E-state index is 12.8. The molecule has 1 fully saturated rings. The second-order valence-corrected chi connectivity index (χ2v) is 8.79. The van der Waals surface area contributed by atoms with Crippen LogP contribution in [0.4, 0.5) is 0 Å². The second-order valence-electron chi connectivity index (χ2n) is 5.95. The van der Waals surface area contributed by atoms with Gasteiger partial charge in [-0.15, -0.1) is 11.3 Å². The summed E-state index contributed by atoms with van der Waals surface area (Å²) in [5, 5.41) is 4.98. The molecular weight excluding hydrogens is 280 g/mol. The minimum atomic E-state index is -3.35. The summed E-state index contributed by atoms with van der Waals surface area (Å²) < 4.78 is 27.2. The van der Waals surface area contributed by atoms with E-state index >= 15 is 0 Å². The molecule has 0 aromatic carbocycles. The highest BCUT2D eigenvalue weighted by Gasteiger charge is 2.38. The standard InChI is InChI=1S/C13H22N2O2S2/c1-10-8-18-11(7-14-4)12(10)19(16,17)15-6-5-13(2,3)9-15/h8,14H,5-7,9H2,1-4H3. The molecule has 0 aliphatic carbocycles. The first-order valence-electron chi connectivity index (χ1n) is 6.50. The van der Waals surface area contributed by atoms with Gasteiger partial charge < -0.3 is 5.32 Å². The third-order valence-electron chi connectivity index (χ3n) is 3.57.